The van der Waals surface area contributed by atoms with Crippen LogP contribution in [0.1, 0.15) is 0 Å². The van der Waals surface area contributed by atoms with Crippen LogP contribution in [-0.4, -0.2) is 13.0 Å². The summed E-state index contributed by atoms with van der Waals surface area (Å²) >= 11 is 0. The van der Waals surface area contributed by atoms with E-state index < -0.39 is 15.1 Å². The van der Waals surface area contributed by atoms with E-state index in [2.05, 4.69) is 5.73 Å². The van der Waals surface area contributed by atoms with Crippen LogP contribution in [0.4, 0.5) is 0 Å². The van der Waals surface area contributed by atoms with Crippen molar-refractivity contribution in [3.8, 4) is 6.07 Å². The van der Waals surface area contributed by atoms with Gasteiger partial charge < -0.3 is 5.73 Å². The maximum absolute atomic E-state index is 9.93. The van der Waals surface area contributed by atoms with Gasteiger partial charge in [0.15, 0.2) is 5.03 Å². The topological polar surface area (TPSA) is 104 Å². The van der Waals surface area contributed by atoms with Gasteiger partial charge in [0.1, 0.15) is 0 Å². The molecule has 0 unspecified atom stereocenters. The molecule has 0 aromatic carbocycles. The summed E-state index contributed by atoms with van der Waals surface area (Å²) in [5.41, 5.74) is 4.66. The smallest absolute Gasteiger partial charge is 0.310 e. The lowest BCUT2D eigenvalue weighted by Crippen LogP contribution is -2.09. The van der Waals surface area contributed by atoms with Crippen LogP contribution in [0.15, 0.2) is 11.1 Å². The van der Waals surface area contributed by atoms with Gasteiger partial charge >= 0.3 is 10.1 Å². The Kier molecular flexibility index (Phi) is 2.19. The van der Waals surface area contributed by atoms with E-state index in [0.29, 0.717) is 6.08 Å². The van der Waals surface area contributed by atoms with E-state index in [1.807, 2.05) is 0 Å². The Morgan fingerprint density at radius 2 is 2.22 bits per heavy atom. The average Bonchev–Trinajstić information content (AvgIpc) is 1.64. The van der Waals surface area contributed by atoms with Crippen LogP contribution < -0.4 is 5.73 Å². The number of nitriles is 1. The maximum atomic E-state index is 9.93. The number of rotatable bonds is 1. The summed E-state index contributed by atoms with van der Waals surface area (Å²) in [4.78, 5) is 0. The highest BCUT2D eigenvalue weighted by atomic mass is 32.2. The minimum absolute atomic E-state index is 0.537. The van der Waals surface area contributed by atoms with Crippen molar-refractivity contribution in [3.05, 3.63) is 11.1 Å². The zero-order valence-corrected chi connectivity index (χ0v) is 5.09. The summed E-state index contributed by atoms with van der Waals surface area (Å²) < 4.78 is 27.9. The molecule has 9 heavy (non-hydrogen) atoms. The van der Waals surface area contributed by atoms with Gasteiger partial charge in [-0.3, -0.25) is 4.55 Å². The predicted octanol–water partition coefficient (Wildman–Crippen LogP) is -0.802. The Morgan fingerprint density at radius 3 is 2.33 bits per heavy atom. The molecule has 0 saturated carbocycles. The van der Waals surface area contributed by atoms with Gasteiger partial charge in [-0.1, -0.05) is 0 Å². The molecule has 0 aliphatic heterocycles. The zero-order valence-electron chi connectivity index (χ0n) is 4.27. The van der Waals surface area contributed by atoms with Gasteiger partial charge in [-0.2, -0.15) is 13.7 Å². The van der Waals surface area contributed by atoms with Gasteiger partial charge in [0.25, 0.3) is 0 Å². The summed E-state index contributed by atoms with van der Waals surface area (Å²) in [6, 6.07) is 1.35. The van der Waals surface area contributed by atoms with E-state index in [4.69, 9.17) is 9.81 Å². The number of nitrogens with two attached hydrogens (primary N) is 1. The van der Waals surface area contributed by atoms with E-state index in [9.17, 15) is 8.42 Å². The molecule has 0 heterocycles. The van der Waals surface area contributed by atoms with Crippen molar-refractivity contribution in [3.63, 3.8) is 0 Å². The van der Waals surface area contributed by atoms with Crippen LogP contribution in [0, 0.1) is 11.3 Å². The third-order valence-electron chi connectivity index (χ3n) is 0.505. The van der Waals surface area contributed by atoms with E-state index in [1.165, 1.54) is 6.07 Å². The Bertz CT molecular complexity index is 257. The molecule has 0 atom stereocenters. The van der Waals surface area contributed by atoms with Crippen molar-refractivity contribution in [2.45, 2.75) is 0 Å². The number of hydrogen-bond donors (Lipinski definition) is 2. The van der Waals surface area contributed by atoms with Gasteiger partial charge in [0, 0.05) is 0 Å². The van der Waals surface area contributed by atoms with Crippen molar-refractivity contribution >= 4 is 10.1 Å². The van der Waals surface area contributed by atoms with Crippen molar-refractivity contribution in [1.29, 1.82) is 5.26 Å². The summed E-state index contributed by atoms with van der Waals surface area (Å²) in [7, 11) is -4.35. The Hall–Kier alpha value is -1.06. The second kappa shape index (κ2) is 2.48. The van der Waals surface area contributed by atoms with E-state index in [0.717, 1.165) is 0 Å². The number of nitrogens with zero attached hydrogens (tertiary/aromatic N) is 1. The van der Waals surface area contributed by atoms with Crippen LogP contribution in [0.5, 0.6) is 0 Å². The van der Waals surface area contributed by atoms with Crippen LogP contribution in [-0.2, 0) is 10.1 Å². The normalized spacial score (nSPS) is 12.7. The molecule has 5 nitrogen and oxygen atoms in total. The molecule has 0 bridgehead atoms. The van der Waals surface area contributed by atoms with Gasteiger partial charge in [-0.25, -0.2) is 0 Å². The Labute approximate surface area is 52.1 Å². The van der Waals surface area contributed by atoms with Crippen molar-refractivity contribution in [2.75, 3.05) is 0 Å². The first-order chi connectivity index (χ1) is 3.98. The molecule has 0 aromatic heterocycles. The molecule has 0 fully saturated rings. The molecule has 0 aromatic rings. The van der Waals surface area contributed by atoms with Gasteiger partial charge in [0.2, 0.25) is 0 Å². The lowest BCUT2D eigenvalue weighted by Gasteiger charge is -1.88. The first-order valence-corrected chi connectivity index (χ1v) is 3.25. The van der Waals surface area contributed by atoms with E-state index in [1.54, 1.807) is 0 Å². The minimum atomic E-state index is -4.35. The molecule has 50 valence electrons. The summed E-state index contributed by atoms with van der Waals surface area (Å²) in [5.74, 6) is 0. The molecule has 0 aliphatic rings. The molecule has 0 amide bonds. The highest BCUT2D eigenvalue weighted by Crippen LogP contribution is 1.91. The first-order valence-electron chi connectivity index (χ1n) is 1.81. The molecule has 6 heteroatoms. The summed E-state index contributed by atoms with van der Waals surface area (Å²) in [5, 5.41) is 6.98. The van der Waals surface area contributed by atoms with Gasteiger partial charge in [-0.05, 0) is 0 Å². The number of allylic oxidation sites excluding steroid dienone is 1. The lowest BCUT2D eigenvalue weighted by atomic mass is 10.7. The lowest BCUT2D eigenvalue weighted by molar-refractivity contribution is 0.490. The standard InChI is InChI=1S/C3H4N2O3S/c4-2-1-3(5)9(6,7)8/h1H,5H2,(H,6,7,8). The van der Waals surface area contributed by atoms with E-state index in [-0.39, 0.29) is 0 Å². The van der Waals surface area contributed by atoms with Crippen LogP contribution in [0.3, 0.4) is 0 Å². The molecule has 0 radical (unpaired) electrons. The molecule has 0 rings (SSSR count). The minimum Gasteiger partial charge on any atom is -0.387 e. The number of hydrogen-bond acceptors (Lipinski definition) is 4. The van der Waals surface area contributed by atoms with Gasteiger partial charge in [-0.15, -0.1) is 0 Å². The second-order valence-corrected chi connectivity index (χ2v) is 2.57. The highest BCUT2D eigenvalue weighted by Gasteiger charge is 2.06. The fraction of sp³-hybridized carbons (Fsp3) is 0. The van der Waals surface area contributed by atoms with Crippen molar-refractivity contribution in [1.82, 2.24) is 0 Å². The fourth-order valence-corrected chi connectivity index (χ4v) is 0.340. The van der Waals surface area contributed by atoms with Crippen molar-refractivity contribution < 1.29 is 13.0 Å². The van der Waals surface area contributed by atoms with E-state index >= 15 is 0 Å². The average molecular weight is 148 g/mol. The van der Waals surface area contributed by atoms with Gasteiger partial charge in [0.05, 0.1) is 12.1 Å². The third kappa shape index (κ3) is 2.69. The molecular formula is C3H4N2O3S. The predicted molar refractivity (Wildman–Crippen MR) is 29.4 cm³/mol. The van der Waals surface area contributed by atoms with Crippen LogP contribution in [0.25, 0.3) is 0 Å². The molecule has 3 N–H and O–H groups in total. The highest BCUT2D eigenvalue weighted by molar-refractivity contribution is 7.89. The van der Waals surface area contributed by atoms with Crippen molar-refractivity contribution in [2.24, 2.45) is 5.73 Å². The SMILES string of the molecule is N#CC=C(N)S(=O)(=O)O. The fourth-order valence-electron chi connectivity index (χ4n) is 0.138. The largest absolute Gasteiger partial charge is 0.387 e. The summed E-state index contributed by atoms with van der Waals surface area (Å²) in [6.07, 6.45) is 0.537. The molecular weight excluding hydrogens is 144 g/mol. The quantitative estimate of drug-likeness (QED) is 0.374. The second-order valence-electron chi connectivity index (χ2n) is 1.15. The zero-order chi connectivity index (χ0) is 7.49. The first kappa shape index (κ1) is 7.94. The molecule has 0 saturated heterocycles. The third-order valence-corrected chi connectivity index (χ3v) is 1.22. The molecule has 0 spiro atoms. The monoisotopic (exact) mass is 148 g/mol. The van der Waals surface area contributed by atoms with Crippen LogP contribution >= 0.6 is 0 Å². The Morgan fingerprint density at radius 1 is 1.78 bits per heavy atom. The molecule has 0 aliphatic carbocycles. The summed E-state index contributed by atoms with van der Waals surface area (Å²) in [6.45, 7) is 0. The Balaban J connectivity index is 4.68. The van der Waals surface area contributed by atoms with Crippen LogP contribution in [0.2, 0.25) is 0 Å². The maximum Gasteiger partial charge on any atom is 0.310 e.